The molecular formula is C36H25N3O. The number of phenols is 1. The Morgan fingerprint density at radius 2 is 1.52 bits per heavy atom. The van der Waals surface area contributed by atoms with Crippen molar-refractivity contribution in [3.63, 3.8) is 0 Å². The van der Waals surface area contributed by atoms with E-state index in [0.717, 1.165) is 51.4 Å². The molecule has 4 heteroatoms. The summed E-state index contributed by atoms with van der Waals surface area (Å²) in [6.45, 7) is 2.06. The fraction of sp³-hybridized carbons (Fsp3) is 0.0556. The molecular weight excluding hydrogens is 490 g/mol. The molecule has 40 heavy (non-hydrogen) atoms. The Kier molecular flexibility index (Phi) is 4.92. The first-order valence-corrected chi connectivity index (χ1v) is 13.5. The third-order valence-electron chi connectivity index (χ3n) is 8.04. The highest BCUT2D eigenvalue weighted by molar-refractivity contribution is 6.17. The number of aryl methyl sites for hydroxylation is 1. The van der Waals surface area contributed by atoms with E-state index < -0.39 is 0 Å². The third-order valence-corrected chi connectivity index (χ3v) is 8.04. The number of aromatic nitrogens is 3. The van der Waals surface area contributed by atoms with E-state index in [9.17, 15) is 5.11 Å². The van der Waals surface area contributed by atoms with E-state index in [4.69, 9.17) is 9.97 Å². The van der Waals surface area contributed by atoms with Crippen LogP contribution in [0.5, 0.6) is 5.75 Å². The van der Waals surface area contributed by atoms with E-state index in [1.165, 1.54) is 33.0 Å². The molecule has 1 aliphatic carbocycles. The molecule has 0 fully saturated rings. The molecule has 1 N–H and O–H groups in total. The van der Waals surface area contributed by atoms with Crippen molar-refractivity contribution < 1.29 is 5.11 Å². The predicted octanol–water partition coefficient (Wildman–Crippen LogP) is 8.49. The number of para-hydroxylation sites is 1. The average molecular weight is 516 g/mol. The highest BCUT2D eigenvalue weighted by Gasteiger charge is 2.25. The molecule has 3 heterocycles. The van der Waals surface area contributed by atoms with Crippen molar-refractivity contribution in [2.75, 3.05) is 0 Å². The molecule has 190 valence electrons. The summed E-state index contributed by atoms with van der Waals surface area (Å²) < 4.78 is 2.28. The van der Waals surface area contributed by atoms with Gasteiger partial charge in [0.25, 0.3) is 0 Å². The van der Waals surface area contributed by atoms with Gasteiger partial charge < -0.3 is 5.11 Å². The quantitative estimate of drug-likeness (QED) is 0.257. The standard InChI is InChI=1S/C36H25N3O/c1-22-13-18-34(37-21-22)39-31-17-15-25-19-23-7-2-3-8-26(23)35(25)36(31)28-16-14-24(20-32(28)39)29-10-6-11-30(38-29)27-9-4-5-12-33(27)40/h2-18,20-21,40H,19H2,1H3. The summed E-state index contributed by atoms with van der Waals surface area (Å²) in [7, 11) is 0. The second-order valence-corrected chi connectivity index (χ2v) is 10.5. The Morgan fingerprint density at radius 3 is 2.38 bits per heavy atom. The molecule has 0 bridgehead atoms. The van der Waals surface area contributed by atoms with Crippen LogP contribution in [-0.4, -0.2) is 19.6 Å². The van der Waals surface area contributed by atoms with Crippen molar-refractivity contribution in [3.8, 4) is 45.2 Å². The van der Waals surface area contributed by atoms with Crippen LogP contribution in [0.2, 0.25) is 0 Å². The van der Waals surface area contributed by atoms with E-state index in [1.54, 1.807) is 6.07 Å². The van der Waals surface area contributed by atoms with Gasteiger partial charge in [-0.05, 0) is 83.6 Å². The molecule has 3 aromatic heterocycles. The lowest BCUT2D eigenvalue weighted by Crippen LogP contribution is -1.97. The number of phenolic OH excluding ortho intramolecular Hbond substituents is 1. The number of aromatic hydroxyl groups is 1. The molecule has 0 atom stereocenters. The topological polar surface area (TPSA) is 50.9 Å². The minimum absolute atomic E-state index is 0.224. The normalized spacial score (nSPS) is 12.1. The number of hydrogen-bond acceptors (Lipinski definition) is 3. The Morgan fingerprint density at radius 1 is 0.700 bits per heavy atom. The highest BCUT2D eigenvalue weighted by Crippen LogP contribution is 2.46. The first-order chi connectivity index (χ1) is 19.7. The SMILES string of the molecule is Cc1ccc(-n2c3cc(-c4cccc(-c5ccccc5O)n4)ccc3c3c4c(ccc32)Cc2ccccc2-4)nc1. The van der Waals surface area contributed by atoms with Crippen LogP contribution in [-0.2, 0) is 6.42 Å². The van der Waals surface area contributed by atoms with E-state index in [2.05, 4.69) is 78.2 Å². The number of nitrogens with zero attached hydrogens (tertiary/aromatic N) is 3. The molecule has 0 saturated carbocycles. The van der Waals surface area contributed by atoms with Gasteiger partial charge in [0.2, 0.25) is 0 Å². The van der Waals surface area contributed by atoms with Crippen LogP contribution in [0.1, 0.15) is 16.7 Å². The van der Waals surface area contributed by atoms with E-state index in [0.29, 0.717) is 0 Å². The first kappa shape index (κ1) is 22.7. The molecule has 0 aliphatic heterocycles. The lowest BCUT2D eigenvalue weighted by atomic mass is 9.98. The largest absolute Gasteiger partial charge is 0.507 e. The maximum absolute atomic E-state index is 10.4. The maximum atomic E-state index is 10.4. The van der Waals surface area contributed by atoms with E-state index >= 15 is 0 Å². The minimum atomic E-state index is 0.224. The number of hydrogen-bond donors (Lipinski definition) is 1. The number of fused-ring (bicyclic) bond motifs is 7. The predicted molar refractivity (Wildman–Crippen MR) is 162 cm³/mol. The lowest BCUT2D eigenvalue weighted by molar-refractivity contribution is 0.477. The summed E-state index contributed by atoms with van der Waals surface area (Å²) in [5, 5.41) is 12.9. The first-order valence-electron chi connectivity index (χ1n) is 13.5. The fourth-order valence-electron chi connectivity index (χ4n) is 6.16. The van der Waals surface area contributed by atoms with Crippen LogP contribution < -0.4 is 0 Å². The minimum Gasteiger partial charge on any atom is -0.507 e. The summed E-state index contributed by atoms with van der Waals surface area (Å²) in [6, 6.07) is 37.4. The van der Waals surface area contributed by atoms with Gasteiger partial charge in [-0.2, -0.15) is 0 Å². The van der Waals surface area contributed by atoms with Gasteiger partial charge in [0, 0.05) is 28.1 Å². The Labute approximate surface area is 231 Å². The zero-order chi connectivity index (χ0) is 26.8. The molecule has 0 amide bonds. The zero-order valence-corrected chi connectivity index (χ0v) is 22.0. The van der Waals surface area contributed by atoms with E-state index in [-0.39, 0.29) is 5.75 Å². The second-order valence-electron chi connectivity index (χ2n) is 10.5. The Hall–Kier alpha value is -5.22. The van der Waals surface area contributed by atoms with Crippen LogP contribution in [0, 0.1) is 6.92 Å². The monoisotopic (exact) mass is 515 g/mol. The second kappa shape index (κ2) is 8.65. The van der Waals surface area contributed by atoms with Crippen LogP contribution in [0.3, 0.4) is 0 Å². The van der Waals surface area contributed by atoms with Gasteiger partial charge in [-0.1, -0.05) is 66.7 Å². The molecule has 8 rings (SSSR count). The third kappa shape index (κ3) is 3.39. The zero-order valence-electron chi connectivity index (χ0n) is 22.0. The van der Waals surface area contributed by atoms with Crippen molar-refractivity contribution >= 4 is 21.8 Å². The van der Waals surface area contributed by atoms with Gasteiger partial charge >= 0.3 is 0 Å². The van der Waals surface area contributed by atoms with Crippen molar-refractivity contribution in [3.05, 3.63) is 132 Å². The number of pyridine rings is 2. The summed E-state index contributed by atoms with van der Waals surface area (Å²) in [6.07, 6.45) is 2.88. The Bertz CT molecular complexity index is 2100. The molecule has 0 spiro atoms. The van der Waals surface area contributed by atoms with Crippen molar-refractivity contribution in [1.29, 1.82) is 0 Å². The Balaban J connectivity index is 1.40. The number of rotatable bonds is 3. The van der Waals surface area contributed by atoms with Crippen LogP contribution in [0.15, 0.2) is 115 Å². The van der Waals surface area contributed by atoms with Gasteiger partial charge in [0.15, 0.2) is 0 Å². The highest BCUT2D eigenvalue weighted by atomic mass is 16.3. The summed E-state index contributed by atoms with van der Waals surface area (Å²) in [5.41, 5.74) is 12.1. The van der Waals surface area contributed by atoms with Gasteiger partial charge in [0.05, 0.1) is 22.4 Å². The smallest absolute Gasteiger partial charge is 0.137 e. The molecule has 0 unspecified atom stereocenters. The van der Waals surface area contributed by atoms with Crippen LogP contribution in [0.4, 0.5) is 0 Å². The summed E-state index contributed by atoms with van der Waals surface area (Å²) in [5.74, 6) is 1.12. The maximum Gasteiger partial charge on any atom is 0.137 e. The van der Waals surface area contributed by atoms with Crippen LogP contribution in [0.25, 0.3) is 61.3 Å². The van der Waals surface area contributed by atoms with E-state index in [1.807, 2.05) is 42.6 Å². The number of benzene rings is 4. The molecule has 4 nitrogen and oxygen atoms in total. The molecule has 4 aromatic carbocycles. The average Bonchev–Trinajstić information content (AvgIpc) is 3.53. The van der Waals surface area contributed by atoms with Gasteiger partial charge in [0.1, 0.15) is 11.6 Å². The summed E-state index contributed by atoms with van der Waals surface area (Å²) in [4.78, 5) is 9.80. The van der Waals surface area contributed by atoms with Gasteiger partial charge in [-0.15, -0.1) is 0 Å². The molecule has 0 radical (unpaired) electrons. The summed E-state index contributed by atoms with van der Waals surface area (Å²) >= 11 is 0. The van der Waals surface area contributed by atoms with Gasteiger partial charge in [-0.25, -0.2) is 9.97 Å². The van der Waals surface area contributed by atoms with Crippen molar-refractivity contribution in [2.24, 2.45) is 0 Å². The van der Waals surface area contributed by atoms with Gasteiger partial charge in [-0.3, -0.25) is 4.57 Å². The van der Waals surface area contributed by atoms with Crippen molar-refractivity contribution in [1.82, 2.24) is 14.5 Å². The lowest BCUT2D eigenvalue weighted by Gasteiger charge is -2.09. The fourth-order valence-corrected chi connectivity index (χ4v) is 6.16. The molecule has 0 saturated heterocycles. The van der Waals surface area contributed by atoms with Crippen LogP contribution >= 0.6 is 0 Å². The molecule has 1 aliphatic rings. The molecule has 7 aromatic rings. The van der Waals surface area contributed by atoms with Crippen molar-refractivity contribution in [2.45, 2.75) is 13.3 Å².